The average Bonchev–Trinajstić information content (AvgIpc) is 2.84. The Hall–Kier alpha value is -1.83. The largest absolute Gasteiger partial charge is 0.361 e. The number of rotatable bonds is 6. The van der Waals surface area contributed by atoms with Crippen molar-refractivity contribution in [2.24, 2.45) is 0 Å². The van der Waals surface area contributed by atoms with Gasteiger partial charge in [-0.1, -0.05) is 31.9 Å². The summed E-state index contributed by atoms with van der Waals surface area (Å²) in [6.07, 6.45) is 9.47. The average molecular weight is 241 g/mol. The highest BCUT2D eigenvalue weighted by molar-refractivity contribution is 5.94. The summed E-state index contributed by atoms with van der Waals surface area (Å²) in [5.41, 5.74) is 2.20. The SMILES string of the molecule is CCCCCC(=O)/C=C/c1ccc2[nH]ccc2c1. The summed E-state index contributed by atoms with van der Waals surface area (Å²) in [6.45, 7) is 2.15. The van der Waals surface area contributed by atoms with Crippen molar-refractivity contribution in [3.05, 3.63) is 42.1 Å². The van der Waals surface area contributed by atoms with Crippen LogP contribution >= 0.6 is 0 Å². The van der Waals surface area contributed by atoms with E-state index in [0.717, 1.165) is 30.3 Å². The Bertz CT molecular complexity index is 551. The molecule has 0 saturated carbocycles. The van der Waals surface area contributed by atoms with Crippen LogP contribution in [-0.2, 0) is 4.79 Å². The maximum Gasteiger partial charge on any atom is 0.155 e. The van der Waals surface area contributed by atoms with E-state index in [9.17, 15) is 4.79 Å². The van der Waals surface area contributed by atoms with E-state index in [1.165, 1.54) is 5.39 Å². The quantitative estimate of drug-likeness (QED) is 0.592. The van der Waals surface area contributed by atoms with Crippen LogP contribution in [0.4, 0.5) is 0 Å². The highest BCUT2D eigenvalue weighted by Crippen LogP contribution is 2.15. The van der Waals surface area contributed by atoms with Crippen LogP contribution in [0.1, 0.15) is 38.2 Å². The number of unbranched alkanes of at least 4 members (excludes halogenated alkanes) is 2. The van der Waals surface area contributed by atoms with Crippen LogP contribution in [0.3, 0.4) is 0 Å². The number of aromatic amines is 1. The summed E-state index contributed by atoms with van der Waals surface area (Å²) < 4.78 is 0. The molecule has 0 bridgehead atoms. The highest BCUT2D eigenvalue weighted by atomic mass is 16.1. The van der Waals surface area contributed by atoms with Gasteiger partial charge in [-0.15, -0.1) is 0 Å². The number of carbonyl (C=O) groups excluding carboxylic acids is 1. The lowest BCUT2D eigenvalue weighted by Gasteiger charge is -1.96. The third-order valence-electron chi connectivity index (χ3n) is 3.07. The molecule has 0 aliphatic rings. The molecule has 2 aromatic rings. The Balaban J connectivity index is 1.97. The standard InChI is InChI=1S/C16H19NO/c1-2-3-4-5-15(18)8-6-13-7-9-16-14(12-13)10-11-17-16/h6-12,17H,2-5H2,1H3/b8-6+. The van der Waals surface area contributed by atoms with Crippen molar-refractivity contribution in [3.8, 4) is 0 Å². The van der Waals surface area contributed by atoms with Crippen LogP contribution in [0.25, 0.3) is 17.0 Å². The number of allylic oxidation sites excluding steroid dienone is 1. The maximum absolute atomic E-state index is 11.6. The van der Waals surface area contributed by atoms with E-state index in [4.69, 9.17) is 0 Å². The monoisotopic (exact) mass is 241 g/mol. The highest BCUT2D eigenvalue weighted by Gasteiger charge is 1.97. The molecule has 2 nitrogen and oxygen atoms in total. The van der Waals surface area contributed by atoms with Gasteiger partial charge in [-0.3, -0.25) is 4.79 Å². The molecule has 94 valence electrons. The van der Waals surface area contributed by atoms with Gasteiger partial charge in [-0.2, -0.15) is 0 Å². The van der Waals surface area contributed by atoms with E-state index >= 15 is 0 Å². The molecular weight excluding hydrogens is 222 g/mol. The third-order valence-corrected chi connectivity index (χ3v) is 3.07. The Morgan fingerprint density at radius 1 is 1.28 bits per heavy atom. The predicted octanol–water partition coefficient (Wildman–Crippen LogP) is 4.33. The van der Waals surface area contributed by atoms with Crippen molar-refractivity contribution >= 4 is 22.8 Å². The van der Waals surface area contributed by atoms with Gasteiger partial charge in [-0.05, 0) is 41.6 Å². The molecule has 1 N–H and O–H groups in total. The van der Waals surface area contributed by atoms with Gasteiger partial charge in [0.2, 0.25) is 0 Å². The molecule has 1 aromatic carbocycles. The topological polar surface area (TPSA) is 32.9 Å². The van der Waals surface area contributed by atoms with Crippen LogP contribution in [0.15, 0.2) is 36.5 Å². The van der Waals surface area contributed by atoms with Crippen molar-refractivity contribution in [3.63, 3.8) is 0 Å². The predicted molar refractivity (Wildman–Crippen MR) is 76.5 cm³/mol. The molecule has 0 aliphatic heterocycles. The first kappa shape index (κ1) is 12.6. The summed E-state index contributed by atoms with van der Waals surface area (Å²) in [7, 11) is 0. The smallest absolute Gasteiger partial charge is 0.155 e. The summed E-state index contributed by atoms with van der Waals surface area (Å²) in [6, 6.07) is 8.18. The molecule has 0 fully saturated rings. The number of hydrogen-bond acceptors (Lipinski definition) is 1. The number of H-pyrrole nitrogens is 1. The zero-order valence-corrected chi connectivity index (χ0v) is 10.8. The molecule has 0 unspecified atom stereocenters. The second kappa shape index (κ2) is 6.20. The molecule has 0 radical (unpaired) electrons. The first-order valence-electron chi connectivity index (χ1n) is 6.57. The lowest BCUT2D eigenvalue weighted by atomic mass is 10.1. The molecule has 0 spiro atoms. The van der Waals surface area contributed by atoms with Gasteiger partial charge < -0.3 is 4.98 Å². The maximum atomic E-state index is 11.6. The zero-order valence-electron chi connectivity index (χ0n) is 10.8. The van der Waals surface area contributed by atoms with E-state index in [1.807, 2.05) is 30.5 Å². The summed E-state index contributed by atoms with van der Waals surface area (Å²) >= 11 is 0. The number of carbonyl (C=O) groups is 1. The minimum absolute atomic E-state index is 0.220. The second-order valence-electron chi connectivity index (χ2n) is 4.58. The van der Waals surface area contributed by atoms with Crippen molar-refractivity contribution in [1.29, 1.82) is 0 Å². The molecular formula is C16H19NO. The Labute approximate surface area is 108 Å². The van der Waals surface area contributed by atoms with Gasteiger partial charge in [0.25, 0.3) is 0 Å². The number of nitrogens with one attached hydrogen (secondary N) is 1. The zero-order chi connectivity index (χ0) is 12.8. The van der Waals surface area contributed by atoms with Gasteiger partial charge in [0.05, 0.1) is 0 Å². The Morgan fingerprint density at radius 2 is 2.17 bits per heavy atom. The molecule has 2 rings (SSSR count). The minimum atomic E-state index is 0.220. The van der Waals surface area contributed by atoms with Crippen LogP contribution < -0.4 is 0 Å². The summed E-state index contributed by atoms with van der Waals surface area (Å²) in [5.74, 6) is 0.220. The van der Waals surface area contributed by atoms with E-state index < -0.39 is 0 Å². The van der Waals surface area contributed by atoms with Crippen LogP contribution in [0.5, 0.6) is 0 Å². The van der Waals surface area contributed by atoms with E-state index in [0.29, 0.717) is 6.42 Å². The number of ketones is 1. The van der Waals surface area contributed by atoms with E-state index in [2.05, 4.69) is 18.0 Å². The van der Waals surface area contributed by atoms with Crippen LogP contribution in [0, 0.1) is 0 Å². The van der Waals surface area contributed by atoms with Crippen molar-refractivity contribution < 1.29 is 4.79 Å². The Morgan fingerprint density at radius 3 is 3.00 bits per heavy atom. The number of fused-ring (bicyclic) bond motifs is 1. The van der Waals surface area contributed by atoms with Gasteiger partial charge in [0.1, 0.15) is 0 Å². The van der Waals surface area contributed by atoms with Gasteiger partial charge in [0, 0.05) is 18.1 Å². The van der Waals surface area contributed by atoms with Crippen LogP contribution in [0.2, 0.25) is 0 Å². The van der Waals surface area contributed by atoms with Crippen molar-refractivity contribution in [2.45, 2.75) is 32.6 Å². The first-order chi connectivity index (χ1) is 8.79. The molecule has 0 aliphatic carbocycles. The lowest BCUT2D eigenvalue weighted by molar-refractivity contribution is -0.114. The number of benzene rings is 1. The second-order valence-corrected chi connectivity index (χ2v) is 4.58. The molecule has 0 atom stereocenters. The van der Waals surface area contributed by atoms with E-state index in [1.54, 1.807) is 6.08 Å². The third kappa shape index (κ3) is 3.33. The molecule has 1 aromatic heterocycles. The number of aromatic nitrogens is 1. The van der Waals surface area contributed by atoms with Gasteiger partial charge in [0.15, 0.2) is 5.78 Å². The normalized spacial score (nSPS) is 11.4. The fourth-order valence-electron chi connectivity index (χ4n) is 2.00. The summed E-state index contributed by atoms with van der Waals surface area (Å²) in [4.78, 5) is 14.8. The summed E-state index contributed by atoms with van der Waals surface area (Å²) in [5, 5.41) is 1.18. The van der Waals surface area contributed by atoms with Crippen molar-refractivity contribution in [2.75, 3.05) is 0 Å². The Kier molecular flexibility index (Phi) is 4.35. The molecule has 2 heteroatoms. The van der Waals surface area contributed by atoms with Gasteiger partial charge in [-0.25, -0.2) is 0 Å². The minimum Gasteiger partial charge on any atom is -0.361 e. The van der Waals surface area contributed by atoms with E-state index in [-0.39, 0.29) is 5.78 Å². The first-order valence-corrected chi connectivity index (χ1v) is 6.57. The molecule has 0 saturated heterocycles. The molecule has 18 heavy (non-hydrogen) atoms. The molecule has 0 amide bonds. The fraction of sp³-hybridized carbons (Fsp3) is 0.312. The van der Waals surface area contributed by atoms with Crippen molar-refractivity contribution in [1.82, 2.24) is 4.98 Å². The molecule has 1 heterocycles. The van der Waals surface area contributed by atoms with Gasteiger partial charge >= 0.3 is 0 Å². The lowest BCUT2D eigenvalue weighted by Crippen LogP contribution is -1.91. The van der Waals surface area contributed by atoms with Crippen LogP contribution in [-0.4, -0.2) is 10.8 Å². The number of hydrogen-bond donors (Lipinski definition) is 1. The fourth-order valence-corrected chi connectivity index (χ4v) is 2.00.